The van der Waals surface area contributed by atoms with Crippen LogP contribution in [-0.2, 0) is 0 Å². The average Bonchev–Trinajstić information content (AvgIpc) is 2.79. The zero-order valence-electron chi connectivity index (χ0n) is 18.9. The van der Waals surface area contributed by atoms with Gasteiger partial charge >= 0.3 is 0 Å². The summed E-state index contributed by atoms with van der Waals surface area (Å²) in [6.45, 7) is 7.47. The molecule has 0 unspecified atom stereocenters. The molecule has 1 saturated heterocycles. The standard InChI is InChI=1S/C24H39N5O2/c1-2-25-24(27-15-14-26-23(31)20-8-10-22(30)11-9-20)28-21-12-16-29(17-13-21)18-19-6-4-3-5-7-19/h8-11,19,21,30H,2-7,12-18H2,1H3,(H,26,31)(H2,25,27,28). The second-order valence-electron chi connectivity index (χ2n) is 8.79. The van der Waals surface area contributed by atoms with E-state index in [1.807, 2.05) is 0 Å². The third kappa shape index (κ3) is 8.05. The van der Waals surface area contributed by atoms with E-state index in [2.05, 4.69) is 32.8 Å². The van der Waals surface area contributed by atoms with E-state index in [0.29, 0.717) is 24.7 Å². The molecule has 1 saturated carbocycles. The highest BCUT2D eigenvalue weighted by molar-refractivity contribution is 5.94. The van der Waals surface area contributed by atoms with Crippen LogP contribution in [0.3, 0.4) is 0 Å². The topological polar surface area (TPSA) is 89.0 Å². The van der Waals surface area contributed by atoms with Crippen LogP contribution in [0.5, 0.6) is 5.75 Å². The van der Waals surface area contributed by atoms with Crippen LogP contribution >= 0.6 is 0 Å². The Kier molecular flexibility index (Phi) is 9.46. The minimum atomic E-state index is -0.154. The van der Waals surface area contributed by atoms with Crippen LogP contribution in [0, 0.1) is 5.92 Å². The normalized spacial score (nSPS) is 19.2. The zero-order valence-corrected chi connectivity index (χ0v) is 18.9. The van der Waals surface area contributed by atoms with Crippen molar-refractivity contribution in [1.29, 1.82) is 0 Å². The Hall–Kier alpha value is -2.28. The fourth-order valence-corrected chi connectivity index (χ4v) is 4.56. The first kappa shape index (κ1) is 23.4. The Bertz CT molecular complexity index is 692. The number of nitrogens with zero attached hydrogens (tertiary/aromatic N) is 2. The highest BCUT2D eigenvalue weighted by Crippen LogP contribution is 2.25. The number of likely N-dealkylation sites (tertiary alicyclic amines) is 1. The monoisotopic (exact) mass is 429 g/mol. The van der Waals surface area contributed by atoms with Gasteiger partial charge in [-0.05, 0) is 62.8 Å². The van der Waals surface area contributed by atoms with E-state index in [0.717, 1.165) is 44.4 Å². The number of phenols is 1. The Morgan fingerprint density at radius 3 is 2.45 bits per heavy atom. The summed E-state index contributed by atoms with van der Waals surface area (Å²) in [4.78, 5) is 19.4. The maximum absolute atomic E-state index is 12.1. The van der Waals surface area contributed by atoms with Crippen molar-refractivity contribution in [2.45, 2.75) is 57.9 Å². The number of rotatable bonds is 8. The summed E-state index contributed by atoms with van der Waals surface area (Å²) in [5, 5.41) is 19.1. The Morgan fingerprint density at radius 1 is 1.06 bits per heavy atom. The van der Waals surface area contributed by atoms with Crippen LogP contribution in [0.4, 0.5) is 0 Å². The second-order valence-corrected chi connectivity index (χ2v) is 8.79. The molecule has 0 spiro atoms. The molecular formula is C24H39N5O2. The molecule has 31 heavy (non-hydrogen) atoms. The number of guanidine groups is 1. The number of nitrogens with one attached hydrogen (secondary N) is 3. The zero-order chi connectivity index (χ0) is 21.9. The van der Waals surface area contributed by atoms with E-state index in [1.54, 1.807) is 12.1 Å². The first-order valence-electron chi connectivity index (χ1n) is 12.0. The van der Waals surface area contributed by atoms with Gasteiger partial charge < -0.3 is 26.0 Å². The number of hydrogen-bond donors (Lipinski definition) is 4. The van der Waals surface area contributed by atoms with E-state index in [9.17, 15) is 9.90 Å². The highest BCUT2D eigenvalue weighted by atomic mass is 16.3. The van der Waals surface area contributed by atoms with E-state index in [1.165, 1.54) is 50.8 Å². The van der Waals surface area contributed by atoms with Gasteiger partial charge in [-0.15, -0.1) is 0 Å². The number of phenolic OH excluding ortho intramolecular Hbond substituents is 1. The molecule has 7 nitrogen and oxygen atoms in total. The average molecular weight is 430 g/mol. The van der Waals surface area contributed by atoms with E-state index in [-0.39, 0.29) is 11.7 Å². The largest absolute Gasteiger partial charge is 0.508 e. The number of carbonyl (C=O) groups is 1. The van der Waals surface area contributed by atoms with Crippen LogP contribution < -0.4 is 16.0 Å². The van der Waals surface area contributed by atoms with Crippen LogP contribution in [-0.4, -0.2) is 67.2 Å². The van der Waals surface area contributed by atoms with Gasteiger partial charge in [0.2, 0.25) is 0 Å². The van der Waals surface area contributed by atoms with Crippen molar-refractivity contribution in [3.63, 3.8) is 0 Å². The van der Waals surface area contributed by atoms with E-state index in [4.69, 9.17) is 0 Å². The maximum Gasteiger partial charge on any atom is 0.251 e. The fraction of sp³-hybridized carbons (Fsp3) is 0.667. The van der Waals surface area contributed by atoms with Crippen molar-refractivity contribution in [3.05, 3.63) is 29.8 Å². The molecule has 3 rings (SSSR count). The Balaban J connectivity index is 1.37. The lowest BCUT2D eigenvalue weighted by Crippen LogP contribution is -2.49. The Morgan fingerprint density at radius 2 is 1.77 bits per heavy atom. The summed E-state index contributed by atoms with van der Waals surface area (Å²) in [5.41, 5.74) is 0.534. The number of aromatic hydroxyl groups is 1. The maximum atomic E-state index is 12.1. The van der Waals surface area contributed by atoms with Crippen molar-refractivity contribution < 1.29 is 9.90 Å². The van der Waals surface area contributed by atoms with Crippen molar-refractivity contribution in [2.75, 3.05) is 39.3 Å². The molecule has 4 N–H and O–H groups in total. The minimum Gasteiger partial charge on any atom is -0.508 e. The third-order valence-corrected chi connectivity index (χ3v) is 6.31. The van der Waals surface area contributed by atoms with Crippen LogP contribution in [0.15, 0.2) is 29.3 Å². The van der Waals surface area contributed by atoms with E-state index >= 15 is 0 Å². The van der Waals surface area contributed by atoms with Gasteiger partial charge in [0.15, 0.2) is 5.96 Å². The van der Waals surface area contributed by atoms with E-state index < -0.39 is 0 Å². The van der Waals surface area contributed by atoms with Gasteiger partial charge in [-0.25, -0.2) is 0 Å². The first-order valence-corrected chi connectivity index (χ1v) is 12.0. The summed E-state index contributed by atoms with van der Waals surface area (Å²) >= 11 is 0. The van der Waals surface area contributed by atoms with Gasteiger partial charge in [0.1, 0.15) is 5.75 Å². The second kappa shape index (κ2) is 12.5. The number of piperidine rings is 1. The van der Waals surface area contributed by atoms with Gasteiger partial charge in [-0.1, -0.05) is 19.3 Å². The molecule has 1 aromatic carbocycles. The first-order chi connectivity index (χ1) is 15.1. The smallest absolute Gasteiger partial charge is 0.251 e. The molecule has 7 heteroatoms. The molecule has 2 aliphatic rings. The fourth-order valence-electron chi connectivity index (χ4n) is 4.56. The van der Waals surface area contributed by atoms with Crippen molar-refractivity contribution in [1.82, 2.24) is 20.9 Å². The minimum absolute atomic E-state index is 0.154. The molecule has 0 atom stereocenters. The van der Waals surface area contributed by atoms with Crippen molar-refractivity contribution in [3.8, 4) is 5.75 Å². The van der Waals surface area contributed by atoms with Crippen LogP contribution in [0.1, 0.15) is 62.2 Å². The van der Waals surface area contributed by atoms with Gasteiger partial charge in [0.25, 0.3) is 5.91 Å². The number of benzene rings is 1. The summed E-state index contributed by atoms with van der Waals surface area (Å²) in [6.07, 6.45) is 9.39. The quantitative estimate of drug-likeness (QED) is 0.290. The van der Waals surface area contributed by atoms with Gasteiger partial charge in [-0.2, -0.15) is 0 Å². The molecule has 1 amide bonds. The highest BCUT2D eigenvalue weighted by Gasteiger charge is 2.23. The van der Waals surface area contributed by atoms with Gasteiger partial charge in [0, 0.05) is 44.3 Å². The molecule has 1 aliphatic carbocycles. The number of aliphatic imine (C=N–C) groups is 1. The van der Waals surface area contributed by atoms with Gasteiger partial charge in [0.05, 0.1) is 6.54 Å². The number of hydrogen-bond acceptors (Lipinski definition) is 4. The lowest BCUT2D eigenvalue weighted by atomic mass is 9.88. The molecule has 172 valence electrons. The summed E-state index contributed by atoms with van der Waals surface area (Å²) in [7, 11) is 0. The molecule has 0 aromatic heterocycles. The predicted molar refractivity (Wildman–Crippen MR) is 126 cm³/mol. The molecule has 1 aliphatic heterocycles. The SMILES string of the molecule is CCNC(=NCCNC(=O)c1ccc(O)cc1)NC1CCN(CC2CCCCC2)CC1. The molecule has 0 radical (unpaired) electrons. The van der Waals surface area contributed by atoms with Gasteiger partial charge in [-0.3, -0.25) is 9.79 Å². The molecule has 1 aromatic rings. The van der Waals surface area contributed by atoms with Crippen molar-refractivity contribution >= 4 is 11.9 Å². The summed E-state index contributed by atoms with van der Waals surface area (Å²) in [5.74, 6) is 1.74. The lowest BCUT2D eigenvalue weighted by Gasteiger charge is -2.36. The van der Waals surface area contributed by atoms with Crippen molar-refractivity contribution in [2.24, 2.45) is 10.9 Å². The number of amides is 1. The third-order valence-electron chi connectivity index (χ3n) is 6.31. The molecular weight excluding hydrogens is 390 g/mol. The number of carbonyl (C=O) groups excluding carboxylic acids is 1. The lowest BCUT2D eigenvalue weighted by molar-refractivity contribution is 0.0955. The van der Waals surface area contributed by atoms with Crippen LogP contribution in [0.25, 0.3) is 0 Å². The summed E-state index contributed by atoms with van der Waals surface area (Å²) in [6, 6.07) is 6.70. The Labute approximate surface area is 186 Å². The molecule has 2 fully saturated rings. The molecule has 0 bridgehead atoms. The van der Waals surface area contributed by atoms with Crippen LogP contribution in [0.2, 0.25) is 0 Å². The summed E-state index contributed by atoms with van der Waals surface area (Å²) < 4.78 is 0. The predicted octanol–water partition coefficient (Wildman–Crippen LogP) is 2.72. The molecule has 1 heterocycles.